The van der Waals surface area contributed by atoms with E-state index in [1.165, 1.54) is 24.8 Å². The van der Waals surface area contributed by atoms with E-state index < -0.39 is 0 Å². The van der Waals surface area contributed by atoms with Gasteiger partial charge in [0.15, 0.2) is 0 Å². The van der Waals surface area contributed by atoms with Crippen LogP contribution in [0.3, 0.4) is 0 Å². The average Bonchev–Trinajstić information content (AvgIpc) is 1.82. The summed E-state index contributed by atoms with van der Waals surface area (Å²) in [5.41, 5.74) is 2.07. The molecule has 0 bridgehead atoms. The Labute approximate surface area is 73.7 Å². The highest BCUT2D eigenvalue weighted by Gasteiger charge is 2.04. The Morgan fingerprint density at radius 1 is 1.45 bits per heavy atom. The van der Waals surface area contributed by atoms with Crippen LogP contribution in [0.25, 0.3) is 0 Å². The number of hydrogen-bond acceptors (Lipinski definition) is 0. The van der Waals surface area contributed by atoms with Crippen molar-refractivity contribution in [1.29, 1.82) is 0 Å². The van der Waals surface area contributed by atoms with Crippen molar-refractivity contribution in [3.63, 3.8) is 0 Å². The molecular formula is C10H21P. The zero-order valence-corrected chi connectivity index (χ0v) is 9.22. The Kier molecular flexibility index (Phi) is 5.86. The van der Waals surface area contributed by atoms with Crippen molar-refractivity contribution in [2.24, 2.45) is 5.92 Å². The molecule has 0 fully saturated rings. The third-order valence-electron chi connectivity index (χ3n) is 1.84. The molecule has 0 rings (SSSR count). The molecule has 0 aliphatic rings. The Hall–Kier alpha value is 0.170. The summed E-state index contributed by atoms with van der Waals surface area (Å²) >= 11 is 0. The van der Waals surface area contributed by atoms with Crippen LogP contribution in [0.15, 0.2) is 12.2 Å². The summed E-state index contributed by atoms with van der Waals surface area (Å²) in [4.78, 5) is 0. The van der Waals surface area contributed by atoms with Crippen LogP contribution in [0.1, 0.15) is 40.0 Å². The zero-order valence-electron chi connectivity index (χ0n) is 8.06. The van der Waals surface area contributed by atoms with Gasteiger partial charge in [0.25, 0.3) is 0 Å². The second-order valence-corrected chi connectivity index (χ2v) is 4.95. The highest BCUT2D eigenvalue weighted by Crippen LogP contribution is 2.18. The molecule has 0 N–H and O–H groups in total. The fraction of sp³-hybridized carbons (Fsp3) is 0.800. The first kappa shape index (κ1) is 11.2. The van der Waals surface area contributed by atoms with Gasteiger partial charge < -0.3 is 0 Å². The summed E-state index contributed by atoms with van der Waals surface area (Å²) in [6.45, 7) is 10.6. The van der Waals surface area contributed by atoms with Gasteiger partial charge in [-0.15, -0.1) is 15.8 Å². The molecule has 66 valence electrons. The van der Waals surface area contributed by atoms with Crippen LogP contribution in [-0.4, -0.2) is 5.66 Å². The standard InChI is InChI=1S/C10H21P/c1-8(2)5-6-9(3)7-10(4)11/h9-10H,1,5-7,11H2,2-4H3. The molecule has 0 aliphatic heterocycles. The molecule has 0 aliphatic carbocycles. The van der Waals surface area contributed by atoms with Crippen molar-refractivity contribution in [2.75, 3.05) is 0 Å². The molecule has 0 aromatic rings. The van der Waals surface area contributed by atoms with Crippen LogP contribution in [0, 0.1) is 5.92 Å². The van der Waals surface area contributed by atoms with Gasteiger partial charge >= 0.3 is 0 Å². The van der Waals surface area contributed by atoms with Gasteiger partial charge in [-0.05, 0) is 37.8 Å². The minimum absolute atomic E-state index is 0.759. The predicted molar refractivity (Wildman–Crippen MR) is 57.0 cm³/mol. The normalized spacial score (nSPS) is 16.0. The molecule has 0 radical (unpaired) electrons. The summed E-state index contributed by atoms with van der Waals surface area (Å²) in [5.74, 6) is 0.846. The van der Waals surface area contributed by atoms with Gasteiger partial charge in [-0.2, -0.15) is 0 Å². The summed E-state index contributed by atoms with van der Waals surface area (Å²) < 4.78 is 0. The van der Waals surface area contributed by atoms with Crippen LogP contribution < -0.4 is 0 Å². The van der Waals surface area contributed by atoms with Crippen molar-refractivity contribution in [1.82, 2.24) is 0 Å². The highest BCUT2D eigenvalue weighted by molar-refractivity contribution is 7.17. The van der Waals surface area contributed by atoms with E-state index >= 15 is 0 Å². The maximum Gasteiger partial charge on any atom is -0.0290 e. The average molecular weight is 172 g/mol. The van der Waals surface area contributed by atoms with Gasteiger partial charge in [-0.25, -0.2) is 0 Å². The Morgan fingerprint density at radius 2 is 2.00 bits per heavy atom. The quantitative estimate of drug-likeness (QED) is 0.439. The number of allylic oxidation sites excluding steroid dienone is 1. The van der Waals surface area contributed by atoms with E-state index in [1.54, 1.807) is 0 Å². The molecule has 1 heteroatoms. The maximum absolute atomic E-state index is 3.90. The minimum atomic E-state index is 0.759. The molecule has 0 nitrogen and oxygen atoms in total. The van der Waals surface area contributed by atoms with E-state index in [-0.39, 0.29) is 0 Å². The number of rotatable bonds is 5. The molecule has 3 atom stereocenters. The summed E-state index contributed by atoms with van der Waals surface area (Å²) in [7, 11) is 2.85. The van der Waals surface area contributed by atoms with Crippen LogP contribution in [0.5, 0.6) is 0 Å². The van der Waals surface area contributed by atoms with Crippen molar-refractivity contribution in [2.45, 2.75) is 45.7 Å². The second-order valence-electron chi connectivity index (χ2n) is 3.81. The Morgan fingerprint density at radius 3 is 2.36 bits per heavy atom. The minimum Gasteiger partial charge on any atom is -0.135 e. The van der Waals surface area contributed by atoms with Crippen molar-refractivity contribution < 1.29 is 0 Å². The van der Waals surface area contributed by atoms with E-state index in [4.69, 9.17) is 0 Å². The van der Waals surface area contributed by atoms with Crippen LogP contribution in [-0.2, 0) is 0 Å². The Bertz CT molecular complexity index is 116. The van der Waals surface area contributed by atoms with Crippen LogP contribution in [0.4, 0.5) is 0 Å². The summed E-state index contributed by atoms with van der Waals surface area (Å²) in [6, 6.07) is 0. The number of hydrogen-bond donors (Lipinski definition) is 0. The topological polar surface area (TPSA) is 0 Å². The van der Waals surface area contributed by atoms with Crippen LogP contribution >= 0.6 is 9.24 Å². The van der Waals surface area contributed by atoms with Gasteiger partial charge in [-0.3, -0.25) is 0 Å². The van der Waals surface area contributed by atoms with Gasteiger partial charge in [0.2, 0.25) is 0 Å². The molecule has 0 spiro atoms. The molecule has 0 aromatic heterocycles. The first-order valence-corrected chi connectivity index (χ1v) is 5.09. The Balaban J connectivity index is 3.37. The zero-order chi connectivity index (χ0) is 8.85. The fourth-order valence-electron chi connectivity index (χ4n) is 1.25. The van der Waals surface area contributed by atoms with Crippen molar-refractivity contribution in [3.05, 3.63) is 12.2 Å². The van der Waals surface area contributed by atoms with Gasteiger partial charge in [-0.1, -0.05) is 19.4 Å². The highest BCUT2D eigenvalue weighted by atomic mass is 31.0. The summed E-state index contributed by atoms with van der Waals surface area (Å²) in [5, 5.41) is 0. The van der Waals surface area contributed by atoms with E-state index in [1.807, 2.05) is 0 Å². The first-order valence-electron chi connectivity index (χ1n) is 4.42. The molecular weight excluding hydrogens is 151 g/mol. The SMILES string of the molecule is C=C(C)CCC(C)CC(C)P. The predicted octanol–water partition coefficient (Wildman–Crippen LogP) is 3.63. The lowest BCUT2D eigenvalue weighted by Gasteiger charge is -2.12. The third kappa shape index (κ3) is 8.07. The molecule has 3 unspecified atom stereocenters. The fourth-order valence-corrected chi connectivity index (χ4v) is 1.71. The maximum atomic E-state index is 3.90. The molecule has 0 saturated carbocycles. The molecule has 0 saturated heterocycles. The smallest absolute Gasteiger partial charge is 0.0290 e. The molecule has 0 aromatic carbocycles. The molecule has 0 amide bonds. The van der Waals surface area contributed by atoms with Gasteiger partial charge in [0.05, 0.1) is 0 Å². The summed E-state index contributed by atoms with van der Waals surface area (Å²) in [6.07, 6.45) is 3.81. The molecule has 11 heavy (non-hydrogen) atoms. The largest absolute Gasteiger partial charge is 0.135 e. The van der Waals surface area contributed by atoms with Crippen molar-refractivity contribution >= 4 is 9.24 Å². The van der Waals surface area contributed by atoms with E-state index in [0.717, 1.165) is 11.6 Å². The lowest BCUT2D eigenvalue weighted by Crippen LogP contribution is -2.01. The first-order chi connectivity index (χ1) is 5.02. The van der Waals surface area contributed by atoms with E-state index in [2.05, 4.69) is 36.6 Å². The lowest BCUT2D eigenvalue weighted by molar-refractivity contribution is 0.491. The van der Waals surface area contributed by atoms with E-state index in [9.17, 15) is 0 Å². The monoisotopic (exact) mass is 172 g/mol. The van der Waals surface area contributed by atoms with Crippen molar-refractivity contribution in [3.8, 4) is 0 Å². The van der Waals surface area contributed by atoms with E-state index in [0.29, 0.717) is 0 Å². The lowest BCUT2D eigenvalue weighted by atomic mass is 9.98. The molecule has 0 heterocycles. The third-order valence-corrected chi connectivity index (χ3v) is 2.11. The van der Waals surface area contributed by atoms with Gasteiger partial charge in [0, 0.05) is 0 Å². The van der Waals surface area contributed by atoms with Crippen LogP contribution in [0.2, 0.25) is 0 Å². The van der Waals surface area contributed by atoms with Gasteiger partial charge in [0.1, 0.15) is 0 Å². The second kappa shape index (κ2) is 5.77.